The molecule has 2 unspecified atom stereocenters. The number of likely N-dealkylation sites (N-methyl/N-ethyl adjacent to an activating group) is 4. The maximum Gasteiger partial charge on any atom is 0.246 e. The molecule has 10 rings (SSSR count). The number of carbonyl (C=O) groups is 14. The summed E-state index contributed by atoms with van der Waals surface area (Å²) in [5, 5.41) is 69.0. The fourth-order valence-electron chi connectivity index (χ4n) is 18.4. The summed E-state index contributed by atoms with van der Waals surface area (Å²) in [4.78, 5) is 219. The molecule has 8 aromatic rings. The molecular weight excluding hydrogens is 1830 g/mol. The van der Waals surface area contributed by atoms with Crippen LogP contribution < -0.4 is 53.2 Å². The summed E-state index contributed by atoms with van der Waals surface area (Å²) in [6, 6.07) is 12.2. The number of para-hydroxylation sites is 2. The summed E-state index contributed by atoms with van der Waals surface area (Å²) >= 11 is 0. The van der Waals surface area contributed by atoms with E-state index in [4.69, 9.17) is 9.47 Å². The van der Waals surface area contributed by atoms with Gasteiger partial charge in [-0.2, -0.15) is 0 Å². The zero-order valence-electron chi connectivity index (χ0n) is 85.8. The summed E-state index contributed by atoms with van der Waals surface area (Å²) in [5.41, 5.74) is 4.29. The molecule has 6 heterocycles. The van der Waals surface area contributed by atoms with Gasteiger partial charge >= 0.3 is 0 Å². The minimum Gasteiger partial charge on any atom is -0.396 e. The first-order chi connectivity index (χ1) is 67.9. The second-order valence-corrected chi connectivity index (χ2v) is 39.8. The van der Waals surface area contributed by atoms with Gasteiger partial charge in [0.05, 0.1) is 11.4 Å². The molecule has 143 heavy (non-hydrogen) atoms. The van der Waals surface area contributed by atoms with Crippen molar-refractivity contribution in [3.63, 3.8) is 0 Å². The number of unbranched alkanes of at least 4 members (excludes halogenated alkanes) is 2. The molecule has 0 bridgehead atoms. The Hall–Kier alpha value is -13.3. The van der Waals surface area contributed by atoms with Crippen LogP contribution in [0.25, 0.3) is 21.8 Å². The van der Waals surface area contributed by atoms with Gasteiger partial charge in [0.15, 0.2) is 0 Å². The van der Waals surface area contributed by atoms with E-state index < -0.39 is 216 Å². The second-order valence-electron chi connectivity index (χ2n) is 39.8. The molecule has 0 spiro atoms. The topological polar surface area (TPSA) is 502 Å². The smallest absolute Gasteiger partial charge is 0.246 e. The van der Waals surface area contributed by atoms with Crippen LogP contribution in [0, 0.1) is 35.5 Å². The van der Waals surface area contributed by atoms with E-state index in [1.807, 2.05) is 112 Å². The molecule has 2 fully saturated rings. The van der Waals surface area contributed by atoms with Crippen LogP contribution in [-0.4, -0.2) is 292 Å². The molecule has 4 aromatic carbocycles. The van der Waals surface area contributed by atoms with Gasteiger partial charge in [-0.15, -0.1) is 10.2 Å². The quantitative estimate of drug-likeness (QED) is 0.0267. The predicted octanol–water partition coefficient (Wildman–Crippen LogP) is 3.73. The molecule has 40 heteroatoms. The molecule has 2 aliphatic heterocycles. The van der Waals surface area contributed by atoms with Crippen molar-refractivity contribution in [3.05, 3.63) is 168 Å². The average molecular weight is 1980 g/mol. The Morgan fingerprint density at radius 3 is 0.986 bits per heavy atom. The van der Waals surface area contributed by atoms with Gasteiger partial charge in [0.1, 0.15) is 96.8 Å². The van der Waals surface area contributed by atoms with Crippen LogP contribution >= 0.6 is 0 Å². The zero-order chi connectivity index (χ0) is 105. The van der Waals surface area contributed by atoms with Crippen LogP contribution in [0.3, 0.4) is 0 Å². The monoisotopic (exact) mass is 1980 g/mol. The van der Waals surface area contributed by atoms with Gasteiger partial charge in [-0.1, -0.05) is 177 Å². The van der Waals surface area contributed by atoms with E-state index >= 15 is 47.9 Å². The molecule has 4 aromatic heterocycles. The lowest BCUT2D eigenvalue weighted by molar-refractivity contribution is -0.145. The van der Waals surface area contributed by atoms with Crippen molar-refractivity contribution in [2.75, 3.05) is 55.6 Å². The standard InChI is InChI=1S/C103H146N22O18/c1-58(2)44-80-96(134)106-74(92(130)108-76(48-68-52-118(13)78-40-30-28-38-72(68)78)100(138)120(15)82(46-62(9)56-126)94(132)104-64(11)90(128)112-86(88(142-19)66-34-24-21-25-35-66)98(136)110-84(60(5)6)102(140)122(80)17)50-70-54-124(116-114-70)42-32-23-33-43-125-55-71(115-117-125)51-75-93(131)109-77(49-69-53-119(14)79-41-31-29-39-73(69)79)101(139)121(16)83(47-63(10)57-127)95(133)105-65(12)91(129)113-87(89(143-20)67-36-26-22-27-37-67)99(137)111-85(61(7)8)103(141)123(18)81(45-59(3)4)97(135)107-75/h21-22,24-31,34-41,52-55,58-65,74-77,80-89,126-127H,23,32-33,42-51,56-57H2,1-20H3,(H,104,132)(H,105,133)(H,106,134)(H,107,135)(H,108,130)(H,109,131)(H,110,136)(H,111,137)(H,112,128)(H,113,129)/t62?,63?,64-,65-,74-,75-,76-,77-,80-,81-,82-,83-,84-,85-,86-,87-,88+,89+/m0/s1. The summed E-state index contributed by atoms with van der Waals surface area (Å²) in [5.74, 6) is -14.1. The third-order valence-corrected chi connectivity index (χ3v) is 26.8. The number of rotatable bonds is 32. The minimum absolute atomic E-state index is 0.0514. The molecule has 0 saturated carbocycles. The molecule has 14 amide bonds. The van der Waals surface area contributed by atoms with Crippen molar-refractivity contribution >= 4 is 105 Å². The number of nitrogens with zero attached hydrogens (tertiary/aromatic N) is 12. The van der Waals surface area contributed by atoms with E-state index in [-0.39, 0.29) is 87.7 Å². The Morgan fingerprint density at radius 2 is 0.650 bits per heavy atom. The molecule has 18 atom stereocenters. The Kier molecular flexibility index (Phi) is 40.3. The molecule has 40 nitrogen and oxygen atoms in total. The molecule has 2 saturated heterocycles. The SMILES string of the molecule is CO[C@H](c1ccccc1)[C@@H]1NC(=O)[C@H](C)NC(=O)[C@H](CC(C)CO)N(C)C(=O)[C@H](Cc2cn(C)c3ccccc23)NC(=O)[C@H](Cc2cn(CCCCCn3cc(C[C@@H]4NC(=O)[C@H](CC(C)C)N(C)C(=O)[C@H](C(C)C)NC(=O)[C@H]([C@H](OC)c5ccccc5)NC(=O)[C@H](C)NC(=O)[C@H](CC(C)CO)N(C)C(=O)[C@H](Cc5cn(C)c6ccccc56)NC4=O)nn3)nn2)NC(=O)[C@H](CC(C)C)N(C)C(=O)[C@H](C(C)C)NC1=O. The molecule has 776 valence electrons. The molecule has 2 aliphatic rings. The van der Waals surface area contributed by atoms with Crippen molar-refractivity contribution in [2.45, 2.75) is 264 Å². The van der Waals surface area contributed by atoms with Crippen LogP contribution in [-0.2, 0) is 129 Å². The van der Waals surface area contributed by atoms with Crippen LogP contribution in [0.1, 0.15) is 174 Å². The maximum absolute atomic E-state index is 15.7. The van der Waals surface area contributed by atoms with Crippen molar-refractivity contribution in [2.24, 2.45) is 49.6 Å². The van der Waals surface area contributed by atoms with Crippen LogP contribution in [0.15, 0.2) is 134 Å². The summed E-state index contributed by atoms with van der Waals surface area (Å²) < 4.78 is 18.8. The number of ether oxygens (including phenoxy) is 2. The number of amides is 14. The highest BCUT2D eigenvalue weighted by Crippen LogP contribution is 2.30. The van der Waals surface area contributed by atoms with Crippen molar-refractivity contribution in [1.82, 2.24) is 112 Å². The Bertz CT molecular complexity index is 5380. The fourth-order valence-corrected chi connectivity index (χ4v) is 18.4. The number of aliphatic hydroxyl groups excluding tert-OH is 2. The van der Waals surface area contributed by atoms with Crippen molar-refractivity contribution in [1.29, 1.82) is 0 Å². The van der Waals surface area contributed by atoms with Crippen molar-refractivity contribution < 1.29 is 86.8 Å². The number of benzene rings is 4. The van der Waals surface area contributed by atoms with Gasteiger partial charge in [0.25, 0.3) is 0 Å². The van der Waals surface area contributed by atoms with Gasteiger partial charge in [0.2, 0.25) is 82.7 Å². The number of methoxy groups -OCH3 is 2. The molecule has 0 aliphatic carbocycles. The lowest BCUT2D eigenvalue weighted by Crippen LogP contribution is -2.61. The number of fused-ring (bicyclic) bond motifs is 2. The lowest BCUT2D eigenvalue weighted by Gasteiger charge is -2.35. The van der Waals surface area contributed by atoms with Crippen LogP contribution in [0.4, 0.5) is 0 Å². The number of nitrogens with one attached hydrogen (secondary N) is 10. The number of carbonyl (C=O) groups excluding carboxylic acids is 14. The first kappa shape index (κ1) is 112. The highest BCUT2D eigenvalue weighted by Gasteiger charge is 2.46. The molecular formula is C103H146N22O18. The highest BCUT2D eigenvalue weighted by atomic mass is 16.5. The largest absolute Gasteiger partial charge is 0.396 e. The zero-order valence-corrected chi connectivity index (χ0v) is 85.8. The summed E-state index contributed by atoms with van der Waals surface area (Å²) in [6.07, 6.45) is 5.03. The third-order valence-electron chi connectivity index (χ3n) is 26.8. The predicted molar refractivity (Wildman–Crippen MR) is 534 cm³/mol. The minimum atomic E-state index is -1.55. The van der Waals surface area contributed by atoms with Gasteiger partial charge in [-0.3, -0.25) is 76.5 Å². The van der Waals surface area contributed by atoms with Gasteiger partial charge in [0, 0.05) is 155 Å². The summed E-state index contributed by atoms with van der Waals surface area (Å²) in [6.45, 7) is 20.1. The number of aliphatic hydroxyl groups is 2. The van der Waals surface area contributed by atoms with Crippen LogP contribution in [0.2, 0.25) is 0 Å². The normalized spacial score (nSPS) is 23.8. The summed E-state index contributed by atoms with van der Waals surface area (Å²) in [7, 11) is 12.0. The lowest BCUT2D eigenvalue weighted by atomic mass is 9.96. The van der Waals surface area contributed by atoms with E-state index in [9.17, 15) is 29.4 Å². The van der Waals surface area contributed by atoms with E-state index in [1.54, 1.807) is 124 Å². The number of hydrogen-bond donors (Lipinski definition) is 12. The second kappa shape index (κ2) is 51.6. The fraction of sp³-hybridized carbons (Fsp3) is 0.553. The van der Waals surface area contributed by atoms with Gasteiger partial charge in [-0.25, -0.2) is 0 Å². The van der Waals surface area contributed by atoms with Gasteiger partial charge < -0.3 is 102 Å². The Morgan fingerprint density at radius 1 is 0.336 bits per heavy atom. The highest BCUT2D eigenvalue weighted by molar-refractivity contribution is 6.02. The molecule has 0 radical (unpaired) electrons. The number of aryl methyl sites for hydroxylation is 4. The first-order valence-electron chi connectivity index (χ1n) is 49.3. The first-order valence-corrected chi connectivity index (χ1v) is 49.3. The van der Waals surface area contributed by atoms with E-state index in [2.05, 4.69) is 73.8 Å². The van der Waals surface area contributed by atoms with Gasteiger partial charge in [-0.05, 0) is 129 Å². The average Bonchev–Trinajstić information content (AvgIpc) is 1.62. The van der Waals surface area contributed by atoms with E-state index in [0.29, 0.717) is 41.5 Å². The Balaban J connectivity index is 0.944. The maximum atomic E-state index is 15.7. The number of hydrogen-bond acceptors (Lipinski definition) is 22. The Labute approximate surface area is 835 Å². The van der Waals surface area contributed by atoms with E-state index in [0.717, 1.165) is 31.6 Å². The number of aromatic nitrogens is 8. The van der Waals surface area contributed by atoms with E-state index in [1.165, 1.54) is 66.1 Å². The van der Waals surface area contributed by atoms with Crippen LogP contribution in [0.5, 0.6) is 0 Å². The van der Waals surface area contributed by atoms with Crippen molar-refractivity contribution in [3.8, 4) is 0 Å². The molecule has 12 N–H and O–H groups in total. The third kappa shape index (κ3) is 29.0.